The molecule has 0 atom stereocenters. The highest BCUT2D eigenvalue weighted by Gasteiger charge is 2.14. The Hall–Kier alpha value is -0.600. The number of thioether (sulfide) groups is 1. The fourth-order valence-electron chi connectivity index (χ4n) is 1.21. The summed E-state index contributed by atoms with van der Waals surface area (Å²) in [5.41, 5.74) is 0.818. The van der Waals surface area contributed by atoms with E-state index in [1.807, 2.05) is 0 Å². The smallest absolute Gasteiger partial charge is 0.258 e. The van der Waals surface area contributed by atoms with Crippen molar-refractivity contribution in [1.82, 2.24) is 0 Å². The minimum Gasteiger partial charge on any atom is -0.258 e. The Bertz CT molecular complexity index is 545. The molecule has 1 rings (SSSR count). The Balaban J connectivity index is 2.63. The molecule has 1 aromatic carbocycles. The summed E-state index contributed by atoms with van der Waals surface area (Å²) in [4.78, 5) is 10.3. The van der Waals surface area contributed by atoms with Gasteiger partial charge in [-0.1, -0.05) is 12.1 Å². The highest BCUT2D eigenvalue weighted by atomic mass is 79.9. The van der Waals surface area contributed by atoms with Crippen LogP contribution in [0.2, 0.25) is 0 Å². The SMILES string of the molecule is CS(=O)(=O)CCSCc1cccc([N+](=O)[O-])c1Br. The van der Waals surface area contributed by atoms with E-state index >= 15 is 0 Å². The van der Waals surface area contributed by atoms with Crippen LogP contribution in [-0.4, -0.2) is 31.1 Å². The van der Waals surface area contributed by atoms with Crippen LogP contribution in [0.15, 0.2) is 22.7 Å². The predicted molar refractivity (Wildman–Crippen MR) is 76.7 cm³/mol. The number of hydrogen-bond donors (Lipinski definition) is 0. The molecule has 0 spiro atoms. The van der Waals surface area contributed by atoms with Crippen LogP contribution in [0.3, 0.4) is 0 Å². The molecule has 0 amide bonds. The van der Waals surface area contributed by atoms with Gasteiger partial charge in [-0.25, -0.2) is 8.42 Å². The Kier molecular flexibility index (Phi) is 5.61. The monoisotopic (exact) mass is 353 g/mol. The van der Waals surface area contributed by atoms with E-state index in [1.54, 1.807) is 12.1 Å². The third-order valence-electron chi connectivity index (χ3n) is 2.11. The fourth-order valence-corrected chi connectivity index (χ4v) is 4.23. The molecule has 100 valence electrons. The van der Waals surface area contributed by atoms with Gasteiger partial charge in [0.15, 0.2) is 0 Å². The van der Waals surface area contributed by atoms with Crippen molar-refractivity contribution in [2.24, 2.45) is 0 Å². The van der Waals surface area contributed by atoms with E-state index in [2.05, 4.69) is 15.9 Å². The van der Waals surface area contributed by atoms with Crippen molar-refractivity contribution in [2.75, 3.05) is 17.8 Å². The molecule has 0 bridgehead atoms. The summed E-state index contributed by atoms with van der Waals surface area (Å²) in [5.74, 6) is 1.13. The first kappa shape index (κ1) is 15.5. The first-order valence-corrected chi connectivity index (χ1v) is 8.99. The molecule has 0 heterocycles. The highest BCUT2D eigenvalue weighted by Crippen LogP contribution is 2.30. The van der Waals surface area contributed by atoms with Crippen LogP contribution >= 0.6 is 27.7 Å². The van der Waals surface area contributed by atoms with Gasteiger partial charge in [-0.2, -0.15) is 11.8 Å². The van der Waals surface area contributed by atoms with Gasteiger partial charge in [-0.05, 0) is 21.5 Å². The Morgan fingerprint density at radius 2 is 2.11 bits per heavy atom. The van der Waals surface area contributed by atoms with Crippen LogP contribution < -0.4 is 0 Å². The second kappa shape index (κ2) is 6.53. The maximum absolute atomic E-state index is 10.9. The summed E-state index contributed by atoms with van der Waals surface area (Å²) >= 11 is 4.64. The Morgan fingerprint density at radius 3 is 2.67 bits per heavy atom. The molecule has 0 aromatic heterocycles. The molecule has 0 saturated carbocycles. The normalized spacial score (nSPS) is 11.4. The summed E-state index contributed by atoms with van der Waals surface area (Å²) in [6.07, 6.45) is 1.19. The van der Waals surface area contributed by atoms with Crippen molar-refractivity contribution in [3.05, 3.63) is 38.3 Å². The highest BCUT2D eigenvalue weighted by molar-refractivity contribution is 9.10. The van der Waals surface area contributed by atoms with Gasteiger partial charge in [0.05, 0.1) is 15.1 Å². The van der Waals surface area contributed by atoms with E-state index in [-0.39, 0.29) is 11.4 Å². The lowest BCUT2D eigenvalue weighted by atomic mass is 10.2. The third-order valence-corrected chi connectivity index (χ3v) is 5.24. The summed E-state index contributed by atoms with van der Waals surface area (Å²) in [7, 11) is -2.95. The number of nitro benzene ring substituents is 1. The van der Waals surface area contributed by atoms with Crippen LogP contribution in [0.4, 0.5) is 5.69 Å². The lowest BCUT2D eigenvalue weighted by Crippen LogP contribution is -2.05. The summed E-state index contributed by atoms with van der Waals surface area (Å²) in [5, 5.41) is 10.7. The van der Waals surface area contributed by atoms with Crippen molar-refractivity contribution < 1.29 is 13.3 Å². The average Bonchev–Trinajstić information content (AvgIpc) is 2.24. The van der Waals surface area contributed by atoms with Gasteiger partial charge < -0.3 is 0 Å². The maximum atomic E-state index is 10.9. The van der Waals surface area contributed by atoms with Crippen molar-refractivity contribution in [3.8, 4) is 0 Å². The van der Waals surface area contributed by atoms with Gasteiger partial charge in [0, 0.05) is 23.8 Å². The number of rotatable bonds is 6. The van der Waals surface area contributed by atoms with Crippen molar-refractivity contribution in [2.45, 2.75) is 5.75 Å². The topological polar surface area (TPSA) is 77.3 Å². The first-order valence-electron chi connectivity index (χ1n) is 4.98. The third kappa shape index (κ3) is 4.95. The molecule has 0 unspecified atom stereocenters. The first-order chi connectivity index (χ1) is 8.31. The van der Waals surface area contributed by atoms with Crippen molar-refractivity contribution in [1.29, 1.82) is 0 Å². The molecule has 0 aliphatic rings. The van der Waals surface area contributed by atoms with Gasteiger partial charge in [0.25, 0.3) is 5.69 Å². The van der Waals surface area contributed by atoms with Gasteiger partial charge in [-0.3, -0.25) is 10.1 Å². The van der Waals surface area contributed by atoms with Gasteiger partial charge in [0.2, 0.25) is 0 Å². The van der Waals surface area contributed by atoms with Crippen molar-refractivity contribution >= 4 is 43.2 Å². The largest absolute Gasteiger partial charge is 0.283 e. The standard InChI is InChI=1S/C10H12BrNO4S2/c1-18(15,16)6-5-17-7-8-3-2-4-9(10(8)11)12(13)14/h2-4H,5-7H2,1H3. The minimum absolute atomic E-state index is 0.0243. The zero-order chi connectivity index (χ0) is 13.8. The van der Waals surface area contributed by atoms with Crippen LogP contribution in [-0.2, 0) is 15.6 Å². The number of nitro groups is 1. The molecule has 0 N–H and O–H groups in total. The average molecular weight is 354 g/mol. The van der Waals surface area contributed by atoms with Gasteiger partial charge in [-0.15, -0.1) is 0 Å². The molecule has 0 aliphatic carbocycles. The zero-order valence-corrected chi connectivity index (χ0v) is 12.8. The molecule has 8 heteroatoms. The molecule has 18 heavy (non-hydrogen) atoms. The number of nitrogens with zero attached hydrogens (tertiary/aromatic N) is 1. The summed E-state index contributed by atoms with van der Waals surface area (Å²) < 4.78 is 22.3. The Morgan fingerprint density at radius 1 is 1.44 bits per heavy atom. The number of benzene rings is 1. The van der Waals surface area contributed by atoms with Crippen LogP contribution in [0.25, 0.3) is 0 Å². The molecule has 1 aromatic rings. The fraction of sp³-hybridized carbons (Fsp3) is 0.400. The lowest BCUT2D eigenvalue weighted by Gasteiger charge is -2.04. The quantitative estimate of drug-likeness (QED) is 0.446. The van der Waals surface area contributed by atoms with E-state index in [0.29, 0.717) is 16.0 Å². The van der Waals surface area contributed by atoms with E-state index in [1.165, 1.54) is 24.1 Å². The van der Waals surface area contributed by atoms with E-state index in [0.717, 1.165) is 5.56 Å². The molecule has 0 fully saturated rings. The van der Waals surface area contributed by atoms with Crippen molar-refractivity contribution in [3.63, 3.8) is 0 Å². The zero-order valence-electron chi connectivity index (χ0n) is 9.63. The summed E-state index contributed by atoms with van der Waals surface area (Å²) in [6.45, 7) is 0. The molecule has 0 saturated heterocycles. The Labute approximate surface area is 118 Å². The molecular weight excluding hydrogens is 342 g/mol. The van der Waals surface area contributed by atoms with Crippen LogP contribution in [0.5, 0.6) is 0 Å². The number of sulfone groups is 1. The lowest BCUT2D eigenvalue weighted by molar-refractivity contribution is -0.385. The van der Waals surface area contributed by atoms with Crippen LogP contribution in [0.1, 0.15) is 5.56 Å². The van der Waals surface area contributed by atoms with Crippen LogP contribution in [0, 0.1) is 10.1 Å². The minimum atomic E-state index is -2.95. The number of halogens is 1. The summed E-state index contributed by atoms with van der Waals surface area (Å²) in [6, 6.07) is 4.83. The van der Waals surface area contributed by atoms with E-state index < -0.39 is 14.8 Å². The molecule has 0 aliphatic heterocycles. The van der Waals surface area contributed by atoms with Gasteiger partial charge >= 0.3 is 0 Å². The maximum Gasteiger partial charge on any atom is 0.283 e. The molecule has 0 radical (unpaired) electrons. The van der Waals surface area contributed by atoms with E-state index in [9.17, 15) is 18.5 Å². The van der Waals surface area contributed by atoms with E-state index in [4.69, 9.17) is 0 Å². The second-order valence-corrected chi connectivity index (χ2v) is 7.85. The second-order valence-electron chi connectivity index (χ2n) is 3.69. The molecule has 5 nitrogen and oxygen atoms in total. The van der Waals surface area contributed by atoms with Gasteiger partial charge in [0.1, 0.15) is 9.84 Å². The molecular formula is C10H12BrNO4S2. The predicted octanol–water partition coefficient (Wildman–Crippen LogP) is 2.64. The number of hydrogen-bond acceptors (Lipinski definition) is 5.